The van der Waals surface area contributed by atoms with Gasteiger partial charge in [-0.25, -0.2) is 4.98 Å². The fourth-order valence-electron chi connectivity index (χ4n) is 2.12. The molecule has 0 radical (unpaired) electrons. The van der Waals surface area contributed by atoms with Crippen LogP contribution in [0, 0.1) is 6.92 Å². The lowest BCUT2D eigenvalue weighted by Crippen LogP contribution is -2.11. The maximum atomic E-state index is 12.2. The quantitative estimate of drug-likeness (QED) is 0.720. The Morgan fingerprint density at radius 1 is 1.18 bits per heavy atom. The van der Waals surface area contributed by atoms with Gasteiger partial charge in [0.2, 0.25) is 0 Å². The van der Waals surface area contributed by atoms with Gasteiger partial charge in [-0.15, -0.1) is 11.3 Å². The molecule has 0 fully saturated rings. The zero-order valence-corrected chi connectivity index (χ0v) is 12.9. The van der Waals surface area contributed by atoms with E-state index in [9.17, 15) is 4.79 Å². The number of anilines is 2. The predicted molar refractivity (Wildman–Crippen MR) is 91.1 cm³/mol. The molecule has 0 aliphatic heterocycles. The minimum atomic E-state index is -0.155. The highest BCUT2D eigenvalue weighted by atomic mass is 32.1. The molecule has 0 aliphatic carbocycles. The first-order chi connectivity index (χ1) is 10.6. The first-order valence-electron chi connectivity index (χ1n) is 6.81. The zero-order chi connectivity index (χ0) is 15.5. The number of nitrogens with zero attached hydrogens (tertiary/aromatic N) is 1. The highest BCUT2D eigenvalue weighted by Crippen LogP contribution is 2.26. The van der Waals surface area contributed by atoms with Crippen LogP contribution in [-0.4, -0.2) is 10.9 Å². The highest BCUT2D eigenvalue weighted by Gasteiger charge is 2.10. The standard InChI is InChI=1S/C17H15N3OS/c1-11-4-2-6-13(8-11)16(21)20-17-19-15(10-22-17)12-5-3-7-14(18)9-12/h2-10H,18H2,1H3,(H,19,20,21). The molecule has 3 N–H and O–H groups in total. The predicted octanol–water partition coefficient (Wildman–Crippen LogP) is 3.95. The molecule has 0 aliphatic rings. The largest absolute Gasteiger partial charge is 0.399 e. The number of benzene rings is 2. The van der Waals surface area contributed by atoms with Crippen LogP contribution >= 0.6 is 11.3 Å². The minimum Gasteiger partial charge on any atom is -0.399 e. The number of aryl methyl sites for hydroxylation is 1. The Kier molecular flexibility index (Phi) is 3.89. The zero-order valence-electron chi connectivity index (χ0n) is 12.0. The van der Waals surface area contributed by atoms with Crippen LogP contribution in [-0.2, 0) is 0 Å². The Labute approximate surface area is 132 Å². The van der Waals surface area contributed by atoms with E-state index < -0.39 is 0 Å². The van der Waals surface area contributed by atoms with Gasteiger partial charge in [-0.05, 0) is 31.2 Å². The van der Waals surface area contributed by atoms with Crippen molar-refractivity contribution in [2.45, 2.75) is 6.92 Å². The molecule has 1 aromatic heterocycles. The number of hydrogen-bond donors (Lipinski definition) is 2. The number of thiazole rings is 1. The lowest BCUT2D eigenvalue weighted by atomic mass is 10.1. The van der Waals surface area contributed by atoms with Crippen LogP contribution in [0.3, 0.4) is 0 Å². The molecule has 5 heteroatoms. The normalized spacial score (nSPS) is 10.4. The maximum Gasteiger partial charge on any atom is 0.257 e. The van der Waals surface area contributed by atoms with Crippen molar-refractivity contribution < 1.29 is 4.79 Å². The van der Waals surface area contributed by atoms with Crippen LogP contribution in [0.25, 0.3) is 11.3 Å². The van der Waals surface area contributed by atoms with Crippen molar-refractivity contribution >= 4 is 28.1 Å². The second-order valence-corrected chi connectivity index (χ2v) is 5.85. The Morgan fingerprint density at radius 3 is 2.77 bits per heavy atom. The van der Waals surface area contributed by atoms with E-state index in [0.29, 0.717) is 16.4 Å². The van der Waals surface area contributed by atoms with Gasteiger partial charge in [0, 0.05) is 22.2 Å². The SMILES string of the molecule is Cc1cccc(C(=O)Nc2nc(-c3cccc(N)c3)cs2)c1. The summed E-state index contributed by atoms with van der Waals surface area (Å²) in [6, 6.07) is 15.0. The van der Waals surface area contributed by atoms with Gasteiger partial charge in [0.05, 0.1) is 5.69 Å². The molecule has 1 amide bonds. The van der Waals surface area contributed by atoms with E-state index >= 15 is 0 Å². The third kappa shape index (κ3) is 3.15. The van der Waals surface area contributed by atoms with E-state index in [0.717, 1.165) is 16.8 Å². The second kappa shape index (κ2) is 5.99. The average molecular weight is 309 g/mol. The van der Waals surface area contributed by atoms with Crippen molar-refractivity contribution in [2.24, 2.45) is 0 Å². The number of nitrogens with one attached hydrogen (secondary N) is 1. The molecule has 0 spiro atoms. The van der Waals surface area contributed by atoms with Gasteiger partial charge in [0.25, 0.3) is 5.91 Å². The van der Waals surface area contributed by atoms with E-state index in [1.165, 1.54) is 11.3 Å². The number of amides is 1. The Bertz CT molecular complexity index is 826. The second-order valence-electron chi connectivity index (χ2n) is 4.99. The number of hydrogen-bond acceptors (Lipinski definition) is 4. The van der Waals surface area contributed by atoms with Crippen LogP contribution in [0.2, 0.25) is 0 Å². The van der Waals surface area contributed by atoms with Gasteiger partial charge < -0.3 is 5.73 Å². The van der Waals surface area contributed by atoms with E-state index in [1.54, 1.807) is 6.07 Å². The summed E-state index contributed by atoms with van der Waals surface area (Å²) in [5, 5.41) is 5.30. The Morgan fingerprint density at radius 2 is 2.00 bits per heavy atom. The molecule has 3 aromatic rings. The van der Waals surface area contributed by atoms with Crippen LogP contribution in [0.1, 0.15) is 15.9 Å². The summed E-state index contributed by atoms with van der Waals surface area (Å²) >= 11 is 1.39. The minimum absolute atomic E-state index is 0.155. The van der Waals surface area contributed by atoms with Crippen molar-refractivity contribution in [3.8, 4) is 11.3 Å². The molecule has 3 rings (SSSR count). The smallest absolute Gasteiger partial charge is 0.257 e. The summed E-state index contributed by atoms with van der Waals surface area (Å²) in [5.74, 6) is -0.155. The highest BCUT2D eigenvalue weighted by molar-refractivity contribution is 7.14. The molecule has 0 saturated carbocycles. The van der Waals surface area contributed by atoms with E-state index in [2.05, 4.69) is 10.3 Å². The van der Waals surface area contributed by atoms with E-state index in [1.807, 2.05) is 54.8 Å². The topological polar surface area (TPSA) is 68.0 Å². The van der Waals surface area contributed by atoms with Crippen LogP contribution < -0.4 is 11.1 Å². The van der Waals surface area contributed by atoms with Crippen molar-refractivity contribution in [1.82, 2.24) is 4.98 Å². The molecule has 0 bridgehead atoms. The molecular weight excluding hydrogens is 294 g/mol. The molecule has 0 unspecified atom stereocenters. The molecule has 110 valence electrons. The fourth-order valence-corrected chi connectivity index (χ4v) is 2.83. The summed E-state index contributed by atoms with van der Waals surface area (Å²) < 4.78 is 0. The van der Waals surface area contributed by atoms with Crippen molar-refractivity contribution in [3.63, 3.8) is 0 Å². The summed E-state index contributed by atoms with van der Waals surface area (Å²) in [6.45, 7) is 1.96. The van der Waals surface area contributed by atoms with E-state index in [-0.39, 0.29) is 5.91 Å². The monoisotopic (exact) mass is 309 g/mol. The Balaban J connectivity index is 1.78. The van der Waals surface area contributed by atoms with Crippen molar-refractivity contribution in [2.75, 3.05) is 11.1 Å². The van der Waals surface area contributed by atoms with Crippen LogP contribution in [0.4, 0.5) is 10.8 Å². The van der Waals surface area contributed by atoms with Crippen LogP contribution in [0.15, 0.2) is 53.9 Å². The first-order valence-corrected chi connectivity index (χ1v) is 7.69. The maximum absolute atomic E-state index is 12.2. The lowest BCUT2D eigenvalue weighted by Gasteiger charge is -2.02. The lowest BCUT2D eigenvalue weighted by molar-refractivity contribution is 0.102. The fraction of sp³-hybridized carbons (Fsp3) is 0.0588. The van der Waals surface area contributed by atoms with Gasteiger partial charge in [0.1, 0.15) is 0 Å². The summed E-state index contributed by atoms with van der Waals surface area (Å²) in [6.07, 6.45) is 0. The molecule has 22 heavy (non-hydrogen) atoms. The van der Waals surface area contributed by atoms with Gasteiger partial charge in [-0.3, -0.25) is 10.1 Å². The Hall–Kier alpha value is -2.66. The first kappa shape index (κ1) is 14.3. The molecule has 0 saturated heterocycles. The molecule has 1 heterocycles. The number of nitrogens with two attached hydrogens (primary N) is 1. The number of nitrogen functional groups attached to an aromatic ring is 1. The summed E-state index contributed by atoms with van der Waals surface area (Å²) in [7, 11) is 0. The van der Waals surface area contributed by atoms with Gasteiger partial charge in [0.15, 0.2) is 5.13 Å². The number of aromatic nitrogens is 1. The third-order valence-electron chi connectivity index (χ3n) is 3.19. The van der Waals surface area contributed by atoms with Gasteiger partial charge in [-0.1, -0.05) is 29.8 Å². The van der Waals surface area contributed by atoms with E-state index in [4.69, 9.17) is 5.73 Å². The number of rotatable bonds is 3. The number of carbonyl (C=O) groups excluding carboxylic acids is 1. The molecule has 4 nitrogen and oxygen atoms in total. The van der Waals surface area contributed by atoms with Crippen molar-refractivity contribution in [3.05, 3.63) is 65.0 Å². The molecule has 2 aromatic carbocycles. The molecule has 0 atom stereocenters. The molecular formula is C17H15N3OS. The summed E-state index contributed by atoms with van der Waals surface area (Å²) in [5.41, 5.74) is 9.88. The van der Waals surface area contributed by atoms with Crippen LogP contribution in [0.5, 0.6) is 0 Å². The van der Waals surface area contributed by atoms with Gasteiger partial charge >= 0.3 is 0 Å². The third-order valence-corrected chi connectivity index (χ3v) is 3.95. The summed E-state index contributed by atoms with van der Waals surface area (Å²) in [4.78, 5) is 16.6. The van der Waals surface area contributed by atoms with Gasteiger partial charge in [-0.2, -0.15) is 0 Å². The van der Waals surface area contributed by atoms with Crippen molar-refractivity contribution in [1.29, 1.82) is 0 Å². The average Bonchev–Trinajstić information content (AvgIpc) is 2.96. The number of carbonyl (C=O) groups is 1.